The molecule has 0 spiro atoms. The lowest BCUT2D eigenvalue weighted by Gasteiger charge is -2.04. The zero-order valence-electron chi connectivity index (χ0n) is 14.2. The first kappa shape index (κ1) is 16.8. The van der Waals surface area contributed by atoms with E-state index in [0.29, 0.717) is 25.4 Å². The smallest absolute Gasteiger partial charge is 0.269 e. The van der Waals surface area contributed by atoms with Crippen LogP contribution in [-0.2, 0) is 17.9 Å². The number of carbonyl (C=O) groups is 1. The molecule has 3 aromatic rings. The molecule has 8 nitrogen and oxygen atoms in total. The molecule has 0 bridgehead atoms. The highest BCUT2D eigenvalue weighted by atomic mass is 16.5. The molecule has 25 heavy (non-hydrogen) atoms. The number of ether oxygens (including phenoxy) is 1. The molecular formula is C17H20N6O2. The van der Waals surface area contributed by atoms with Crippen LogP contribution in [0.15, 0.2) is 36.7 Å². The number of hydrogen-bond acceptors (Lipinski definition) is 5. The molecule has 0 radical (unpaired) electrons. The van der Waals surface area contributed by atoms with Crippen LogP contribution in [0.1, 0.15) is 21.6 Å². The summed E-state index contributed by atoms with van der Waals surface area (Å²) < 4.78 is 6.86. The number of rotatable bonds is 7. The molecule has 0 aliphatic heterocycles. The van der Waals surface area contributed by atoms with Gasteiger partial charge in [-0.1, -0.05) is 23.4 Å². The van der Waals surface area contributed by atoms with Crippen LogP contribution in [-0.4, -0.2) is 44.8 Å². The third-order valence-electron chi connectivity index (χ3n) is 3.75. The van der Waals surface area contributed by atoms with Crippen LogP contribution >= 0.6 is 0 Å². The number of nitrogens with one attached hydrogen (secondary N) is 2. The van der Waals surface area contributed by atoms with Gasteiger partial charge in [-0.25, -0.2) is 0 Å². The minimum absolute atomic E-state index is 0.178. The Morgan fingerprint density at radius 1 is 1.40 bits per heavy atom. The summed E-state index contributed by atoms with van der Waals surface area (Å²) in [5, 5.41) is 17.7. The Bertz CT molecular complexity index is 854. The van der Waals surface area contributed by atoms with Crippen LogP contribution in [0.4, 0.5) is 0 Å². The summed E-state index contributed by atoms with van der Waals surface area (Å²) in [5.74, 6) is -0.178. The fraction of sp³-hybridized carbons (Fsp3) is 0.294. The molecule has 1 amide bonds. The van der Waals surface area contributed by atoms with Gasteiger partial charge in [-0.2, -0.15) is 5.10 Å². The summed E-state index contributed by atoms with van der Waals surface area (Å²) in [6, 6.07) is 7.98. The third-order valence-corrected chi connectivity index (χ3v) is 3.75. The monoisotopic (exact) mass is 340 g/mol. The average Bonchev–Trinajstić information content (AvgIpc) is 3.24. The maximum atomic E-state index is 12.0. The highest BCUT2D eigenvalue weighted by Crippen LogP contribution is 2.18. The number of carbonyl (C=O) groups excluding carboxylic acids is 1. The first-order valence-electron chi connectivity index (χ1n) is 7.94. The number of hydrogen-bond donors (Lipinski definition) is 2. The zero-order chi connectivity index (χ0) is 17.6. The number of aromatic amines is 1. The molecule has 2 N–H and O–H groups in total. The molecule has 2 heterocycles. The normalized spacial score (nSPS) is 10.8. The van der Waals surface area contributed by atoms with Crippen LogP contribution < -0.4 is 5.32 Å². The van der Waals surface area contributed by atoms with Crippen LogP contribution in [0.5, 0.6) is 0 Å². The van der Waals surface area contributed by atoms with Crippen molar-refractivity contribution < 1.29 is 9.53 Å². The van der Waals surface area contributed by atoms with Gasteiger partial charge in [0.15, 0.2) is 0 Å². The minimum Gasteiger partial charge on any atom is -0.380 e. The number of aryl methyl sites for hydroxylation is 1. The van der Waals surface area contributed by atoms with E-state index in [-0.39, 0.29) is 5.91 Å². The summed E-state index contributed by atoms with van der Waals surface area (Å²) in [5.41, 5.74) is 4.15. The van der Waals surface area contributed by atoms with Gasteiger partial charge in [0.1, 0.15) is 11.4 Å². The van der Waals surface area contributed by atoms with Gasteiger partial charge in [0.25, 0.3) is 5.91 Å². The van der Waals surface area contributed by atoms with E-state index in [1.54, 1.807) is 18.0 Å². The molecule has 2 aromatic heterocycles. The zero-order valence-corrected chi connectivity index (χ0v) is 14.2. The van der Waals surface area contributed by atoms with E-state index in [2.05, 4.69) is 25.8 Å². The van der Waals surface area contributed by atoms with Crippen molar-refractivity contribution in [1.29, 1.82) is 0 Å². The summed E-state index contributed by atoms with van der Waals surface area (Å²) >= 11 is 0. The van der Waals surface area contributed by atoms with E-state index in [1.807, 2.05) is 37.4 Å². The van der Waals surface area contributed by atoms with Crippen LogP contribution in [0.25, 0.3) is 11.3 Å². The second-order valence-corrected chi connectivity index (χ2v) is 5.68. The Labute approximate surface area is 145 Å². The fourth-order valence-electron chi connectivity index (χ4n) is 2.48. The molecule has 0 saturated heterocycles. The van der Waals surface area contributed by atoms with Crippen molar-refractivity contribution in [3.63, 3.8) is 0 Å². The average molecular weight is 340 g/mol. The number of benzene rings is 1. The molecule has 1 aromatic carbocycles. The van der Waals surface area contributed by atoms with Gasteiger partial charge in [0.05, 0.1) is 25.5 Å². The highest BCUT2D eigenvalue weighted by Gasteiger charge is 2.10. The van der Waals surface area contributed by atoms with Crippen LogP contribution in [0, 0.1) is 6.92 Å². The maximum Gasteiger partial charge on any atom is 0.269 e. The van der Waals surface area contributed by atoms with Gasteiger partial charge < -0.3 is 10.1 Å². The maximum absolute atomic E-state index is 12.0. The lowest BCUT2D eigenvalue weighted by molar-refractivity contribution is 0.0946. The largest absolute Gasteiger partial charge is 0.380 e. The fourth-order valence-corrected chi connectivity index (χ4v) is 2.48. The Balaban J connectivity index is 1.58. The van der Waals surface area contributed by atoms with Crippen molar-refractivity contribution in [3.8, 4) is 11.3 Å². The number of methoxy groups -OCH3 is 1. The van der Waals surface area contributed by atoms with E-state index in [1.165, 1.54) is 0 Å². The van der Waals surface area contributed by atoms with Gasteiger partial charge in [0.2, 0.25) is 0 Å². The number of nitrogens with zero attached hydrogens (tertiary/aromatic N) is 4. The second-order valence-electron chi connectivity index (χ2n) is 5.68. The second kappa shape index (κ2) is 7.71. The summed E-state index contributed by atoms with van der Waals surface area (Å²) in [7, 11) is 1.67. The first-order chi connectivity index (χ1) is 12.2. The Morgan fingerprint density at radius 2 is 2.28 bits per heavy atom. The Morgan fingerprint density at radius 3 is 3.04 bits per heavy atom. The minimum atomic E-state index is -0.178. The van der Waals surface area contributed by atoms with Crippen molar-refractivity contribution in [1.82, 2.24) is 30.5 Å². The lowest BCUT2D eigenvalue weighted by atomic mass is 10.1. The van der Waals surface area contributed by atoms with Gasteiger partial charge in [-0.05, 0) is 24.1 Å². The molecular weight excluding hydrogens is 320 g/mol. The molecule has 3 rings (SSSR count). The van der Waals surface area contributed by atoms with Gasteiger partial charge in [0, 0.05) is 19.2 Å². The molecule has 8 heteroatoms. The Hall–Kier alpha value is -3.00. The lowest BCUT2D eigenvalue weighted by Crippen LogP contribution is -2.28. The molecule has 0 aliphatic rings. The van der Waals surface area contributed by atoms with Crippen molar-refractivity contribution in [2.75, 3.05) is 13.7 Å². The van der Waals surface area contributed by atoms with E-state index in [9.17, 15) is 4.79 Å². The van der Waals surface area contributed by atoms with Crippen molar-refractivity contribution >= 4 is 5.91 Å². The number of amides is 1. The van der Waals surface area contributed by atoms with Gasteiger partial charge >= 0.3 is 0 Å². The van der Waals surface area contributed by atoms with Crippen molar-refractivity contribution in [2.45, 2.75) is 20.1 Å². The van der Waals surface area contributed by atoms with Crippen LogP contribution in [0.2, 0.25) is 0 Å². The SMILES string of the molecule is COCc1cccc(-c2cn(CCNC(=O)c3[nH]ncc3C)nn2)c1. The van der Waals surface area contributed by atoms with E-state index >= 15 is 0 Å². The van der Waals surface area contributed by atoms with Crippen LogP contribution in [0.3, 0.4) is 0 Å². The quantitative estimate of drug-likeness (QED) is 0.680. The molecule has 0 aliphatic carbocycles. The predicted octanol–water partition coefficient (Wildman–Crippen LogP) is 1.55. The summed E-state index contributed by atoms with van der Waals surface area (Å²) in [6.07, 6.45) is 3.48. The van der Waals surface area contributed by atoms with E-state index < -0.39 is 0 Å². The highest BCUT2D eigenvalue weighted by molar-refractivity contribution is 5.93. The standard InChI is InChI=1S/C17H20N6O2/c1-12-9-19-21-16(12)17(24)18-6-7-23-10-15(20-22-23)14-5-3-4-13(8-14)11-25-2/h3-5,8-10H,6-7,11H2,1-2H3,(H,18,24)(H,19,21). The molecule has 0 saturated carbocycles. The number of H-pyrrole nitrogens is 1. The predicted molar refractivity (Wildman–Crippen MR) is 91.8 cm³/mol. The molecule has 0 atom stereocenters. The van der Waals surface area contributed by atoms with Crippen molar-refractivity contribution in [2.24, 2.45) is 0 Å². The van der Waals surface area contributed by atoms with E-state index in [4.69, 9.17) is 4.74 Å². The number of aromatic nitrogens is 5. The third kappa shape index (κ3) is 4.10. The summed E-state index contributed by atoms with van der Waals surface area (Å²) in [4.78, 5) is 12.0. The van der Waals surface area contributed by atoms with Gasteiger partial charge in [-0.15, -0.1) is 5.10 Å². The van der Waals surface area contributed by atoms with E-state index in [0.717, 1.165) is 22.4 Å². The molecule has 130 valence electrons. The first-order valence-corrected chi connectivity index (χ1v) is 7.94. The molecule has 0 unspecified atom stereocenters. The summed E-state index contributed by atoms with van der Waals surface area (Å²) in [6.45, 7) is 3.37. The van der Waals surface area contributed by atoms with Gasteiger partial charge in [-0.3, -0.25) is 14.6 Å². The topological polar surface area (TPSA) is 97.7 Å². The van der Waals surface area contributed by atoms with Crippen molar-refractivity contribution in [3.05, 3.63) is 53.5 Å². The Kier molecular flexibility index (Phi) is 5.20. The molecule has 0 fully saturated rings.